The Labute approximate surface area is 189 Å². The fourth-order valence-corrected chi connectivity index (χ4v) is 5.57. The Kier molecular flexibility index (Phi) is 6.55. The standard InChI is InChI=1S/C22H26ClNO6S/c1-21(2)9-14(10-22(3,4)30-21)24-13-7-5-6-12(8-13)18-16(23)17(29-11-15(25)26)19(31-18)20(27)28/h5-8,14,24H,9-11H2,1-4H3,(H,25,26)(H,27,28). The molecule has 1 aromatic carbocycles. The highest BCUT2D eigenvalue weighted by Crippen LogP contribution is 2.46. The van der Waals surface area contributed by atoms with Crippen molar-refractivity contribution in [3.05, 3.63) is 34.2 Å². The van der Waals surface area contributed by atoms with E-state index in [0.29, 0.717) is 4.88 Å². The van der Waals surface area contributed by atoms with Gasteiger partial charge in [0.15, 0.2) is 17.2 Å². The van der Waals surface area contributed by atoms with Crippen LogP contribution in [0.15, 0.2) is 24.3 Å². The van der Waals surface area contributed by atoms with Crippen molar-refractivity contribution in [2.75, 3.05) is 11.9 Å². The van der Waals surface area contributed by atoms with E-state index in [0.717, 1.165) is 35.4 Å². The molecule has 0 amide bonds. The quantitative estimate of drug-likeness (QED) is 0.502. The van der Waals surface area contributed by atoms with E-state index in [1.807, 2.05) is 24.3 Å². The second-order valence-electron chi connectivity index (χ2n) is 8.84. The van der Waals surface area contributed by atoms with Crippen LogP contribution in [-0.2, 0) is 9.53 Å². The number of ether oxygens (including phenoxy) is 2. The van der Waals surface area contributed by atoms with Crippen LogP contribution in [0, 0.1) is 0 Å². The molecule has 3 rings (SSSR count). The van der Waals surface area contributed by atoms with Crippen molar-refractivity contribution in [1.82, 2.24) is 0 Å². The van der Waals surface area contributed by atoms with E-state index < -0.39 is 18.5 Å². The van der Waals surface area contributed by atoms with Gasteiger partial charge in [-0.25, -0.2) is 9.59 Å². The van der Waals surface area contributed by atoms with Crippen LogP contribution < -0.4 is 10.1 Å². The van der Waals surface area contributed by atoms with Crippen LogP contribution in [0.2, 0.25) is 5.02 Å². The lowest BCUT2D eigenvalue weighted by molar-refractivity contribution is -0.158. The van der Waals surface area contributed by atoms with Gasteiger partial charge < -0.3 is 25.0 Å². The summed E-state index contributed by atoms with van der Waals surface area (Å²) >= 11 is 7.36. The lowest BCUT2D eigenvalue weighted by Crippen LogP contribution is -2.49. The third-order valence-corrected chi connectivity index (χ3v) is 6.55. The first-order valence-corrected chi connectivity index (χ1v) is 11.0. The number of anilines is 1. The van der Waals surface area contributed by atoms with Crippen LogP contribution in [0.4, 0.5) is 5.69 Å². The summed E-state index contributed by atoms with van der Waals surface area (Å²) in [5, 5.41) is 22.0. The summed E-state index contributed by atoms with van der Waals surface area (Å²) in [6.07, 6.45) is 1.69. The van der Waals surface area contributed by atoms with Gasteiger partial charge in [-0.05, 0) is 58.2 Å². The van der Waals surface area contributed by atoms with Gasteiger partial charge in [0.05, 0.1) is 16.1 Å². The minimum atomic E-state index is -1.22. The summed E-state index contributed by atoms with van der Waals surface area (Å²) in [5.41, 5.74) is 1.10. The van der Waals surface area contributed by atoms with Crippen molar-refractivity contribution >= 4 is 40.6 Å². The molecule has 1 aliphatic rings. The Morgan fingerprint density at radius 1 is 1.23 bits per heavy atom. The maximum absolute atomic E-state index is 11.6. The van der Waals surface area contributed by atoms with Crippen molar-refractivity contribution in [2.45, 2.75) is 57.8 Å². The van der Waals surface area contributed by atoms with Crippen LogP contribution in [0.3, 0.4) is 0 Å². The average molecular weight is 468 g/mol. The van der Waals surface area contributed by atoms with Gasteiger partial charge in [0, 0.05) is 11.7 Å². The van der Waals surface area contributed by atoms with E-state index in [1.165, 1.54) is 0 Å². The van der Waals surface area contributed by atoms with E-state index in [1.54, 1.807) is 0 Å². The monoisotopic (exact) mass is 467 g/mol. The molecule has 0 saturated carbocycles. The van der Waals surface area contributed by atoms with Gasteiger partial charge in [0.2, 0.25) is 0 Å². The molecular formula is C22H26ClNO6S. The normalized spacial score (nSPS) is 17.8. The van der Waals surface area contributed by atoms with Gasteiger partial charge in [-0.3, -0.25) is 0 Å². The highest BCUT2D eigenvalue weighted by molar-refractivity contribution is 7.18. The molecule has 7 nitrogen and oxygen atoms in total. The first-order valence-electron chi connectivity index (χ1n) is 9.84. The van der Waals surface area contributed by atoms with Gasteiger partial charge >= 0.3 is 11.9 Å². The predicted molar refractivity (Wildman–Crippen MR) is 121 cm³/mol. The third-order valence-electron chi connectivity index (χ3n) is 4.87. The fraction of sp³-hybridized carbons (Fsp3) is 0.455. The fourth-order valence-electron chi connectivity index (χ4n) is 4.16. The Morgan fingerprint density at radius 2 is 1.87 bits per heavy atom. The number of hydrogen-bond acceptors (Lipinski definition) is 6. The van der Waals surface area contributed by atoms with Crippen molar-refractivity contribution in [3.63, 3.8) is 0 Å². The molecule has 0 bridgehead atoms. The number of thiophene rings is 1. The zero-order chi connectivity index (χ0) is 23.0. The number of nitrogens with one attached hydrogen (secondary N) is 1. The molecule has 0 spiro atoms. The van der Waals surface area contributed by atoms with Crippen LogP contribution >= 0.6 is 22.9 Å². The topological polar surface area (TPSA) is 105 Å². The van der Waals surface area contributed by atoms with Gasteiger partial charge in [-0.2, -0.15) is 0 Å². The minimum Gasteiger partial charge on any atom is -0.479 e. The van der Waals surface area contributed by atoms with E-state index in [9.17, 15) is 14.7 Å². The highest BCUT2D eigenvalue weighted by atomic mass is 35.5. The first-order chi connectivity index (χ1) is 14.4. The lowest BCUT2D eigenvalue weighted by Gasteiger charge is -2.45. The summed E-state index contributed by atoms with van der Waals surface area (Å²) in [6.45, 7) is 7.65. The molecule has 0 unspecified atom stereocenters. The zero-order valence-corrected chi connectivity index (χ0v) is 19.4. The van der Waals surface area contributed by atoms with Crippen molar-refractivity contribution in [1.29, 1.82) is 0 Å². The summed E-state index contributed by atoms with van der Waals surface area (Å²) in [4.78, 5) is 22.8. The smallest absolute Gasteiger partial charge is 0.349 e. The van der Waals surface area contributed by atoms with Gasteiger partial charge in [-0.1, -0.05) is 23.7 Å². The highest BCUT2D eigenvalue weighted by Gasteiger charge is 2.39. The summed E-state index contributed by atoms with van der Waals surface area (Å²) in [5.74, 6) is -2.56. The number of aromatic carboxylic acids is 1. The predicted octanol–water partition coefficient (Wildman–Crippen LogP) is 5.38. The molecule has 31 heavy (non-hydrogen) atoms. The number of carboxylic acids is 2. The molecule has 1 saturated heterocycles. The molecule has 0 aliphatic carbocycles. The molecule has 2 heterocycles. The molecule has 2 aromatic rings. The first kappa shape index (κ1) is 23.4. The van der Waals surface area contributed by atoms with Gasteiger partial charge in [0.25, 0.3) is 0 Å². The molecule has 0 atom stereocenters. The maximum Gasteiger partial charge on any atom is 0.349 e. The number of carbonyl (C=O) groups is 2. The van der Waals surface area contributed by atoms with E-state index >= 15 is 0 Å². The summed E-state index contributed by atoms with van der Waals surface area (Å²) in [6, 6.07) is 7.74. The number of carboxylic acid groups (broad SMARTS) is 2. The van der Waals surface area contributed by atoms with Crippen LogP contribution in [0.5, 0.6) is 5.75 Å². The van der Waals surface area contributed by atoms with Crippen LogP contribution in [0.25, 0.3) is 10.4 Å². The number of halogens is 1. The Bertz CT molecular complexity index is 984. The van der Waals surface area contributed by atoms with E-state index in [2.05, 4.69) is 33.0 Å². The molecule has 1 aromatic heterocycles. The average Bonchev–Trinajstić information content (AvgIpc) is 2.94. The lowest BCUT2D eigenvalue weighted by atomic mass is 9.85. The third kappa shape index (κ3) is 5.70. The van der Waals surface area contributed by atoms with E-state index in [4.69, 9.17) is 26.2 Å². The summed E-state index contributed by atoms with van der Waals surface area (Å²) < 4.78 is 11.3. The van der Waals surface area contributed by atoms with Crippen molar-refractivity contribution < 1.29 is 29.3 Å². The summed E-state index contributed by atoms with van der Waals surface area (Å²) in [7, 11) is 0. The van der Waals surface area contributed by atoms with Gasteiger partial charge in [0.1, 0.15) is 5.02 Å². The van der Waals surface area contributed by atoms with E-state index in [-0.39, 0.29) is 32.9 Å². The molecule has 9 heteroatoms. The SMILES string of the molecule is CC1(C)CC(Nc2cccc(-c3sc(C(=O)O)c(OCC(=O)O)c3Cl)c2)CC(C)(C)O1. The molecule has 0 radical (unpaired) electrons. The van der Waals surface area contributed by atoms with Crippen molar-refractivity contribution in [3.8, 4) is 16.2 Å². The Balaban J connectivity index is 1.89. The van der Waals surface area contributed by atoms with Crippen LogP contribution in [0.1, 0.15) is 50.2 Å². The second-order valence-corrected chi connectivity index (χ2v) is 10.2. The second kappa shape index (κ2) is 8.68. The zero-order valence-electron chi connectivity index (χ0n) is 17.8. The number of hydrogen-bond donors (Lipinski definition) is 3. The largest absolute Gasteiger partial charge is 0.479 e. The number of rotatable bonds is 7. The molecule has 3 N–H and O–H groups in total. The Morgan fingerprint density at radius 3 is 2.45 bits per heavy atom. The van der Waals surface area contributed by atoms with Gasteiger partial charge in [-0.15, -0.1) is 11.3 Å². The van der Waals surface area contributed by atoms with Crippen molar-refractivity contribution in [2.24, 2.45) is 0 Å². The molecule has 168 valence electrons. The molecular weight excluding hydrogens is 442 g/mol. The van der Waals surface area contributed by atoms with Crippen LogP contribution in [-0.4, -0.2) is 46.0 Å². The minimum absolute atomic E-state index is 0.0918. The Hall–Kier alpha value is -2.29. The molecule has 1 aliphatic heterocycles. The number of benzene rings is 1. The number of aliphatic carboxylic acids is 1. The maximum atomic E-state index is 11.6. The molecule has 1 fully saturated rings.